The molecule has 1 aromatic carbocycles. The second-order valence-corrected chi connectivity index (χ2v) is 6.41. The molecule has 2 rings (SSSR count). The van der Waals surface area contributed by atoms with Crippen LogP contribution >= 0.6 is 11.5 Å². The van der Waals surface area contributed by atoms with Gasteiger partial charge < -0.3 is 11.1 Å². The second-order valence-electron chi connectivity index (χ2n) is 5.66. The number of nitrogens with one attached hydrogen (secondary N) is 1. The molecule has 0 radical (unpaired) electrons. The van der Waals surface area contributed by atoms with Crippen LogP contribution in [-0.4, -0.2) is 9.36 Å². The summed E-state index contributed by atoms with van der Waals surface area (Å²) in [5.41, 5.74) is 6.78. The molecule has 0 aliphatic carbocycles. The number of nitrogens with zero attached hydrogens (tertiary/aromatic N) is 2. The van der Waals surface area contributed by atoms with Crippen molar-refractivity contribution in [2.24, 2.45) is 5.73 Å². The zero-order valence-electron chi connectivity index (χ0n) is 11.9. The summed E-state index contributed by atoms with van der Waals surface area (Å²) in [7, 11) is 0. The van der Waals surface area contributed by atoms with Crippen molar-refractivity contribution in [3.05, 3.63) is 41.0 Å². The summed E-state index contributed by atoms with van der Waals surface area (Å²) < 4.78 is 18.1. The first-order valence-electron chi connectivity index (χ1n) is 6.45. The van der Waals surface area contributed by atoms with Crippen LogP contribution < -0.4 is 11.1 Å². The lowest BCUT2D eigenvalue weighted by Gasteiger charge is -2.12. The molecule has 0 fully saturated rings. The molecule has 20 heavy (non-hydrogen) atoms. The Morgan fingerprint density at radius 1 is 1.35 bits per heavy atom. The Morgan fingerprint density at radius 3 is 2.65 bits per heavy atom. The molecule has 3 N–H and O–H groups in total. The highest BCUT2D eigenvalue weighted by Gasteiger charge is 2.19. The van der Waals surface area contributed by atoms with Gasteiger partial charge in [0, 0.05) is 35.6 Å². The summed E-state index contributed by atoms with van der Waals surface area (Å²) >= 11 is 1.29. The van der Waals surface area contributed by atoms with E-state index in [1.54, 1.807) is 6.07 Å². The highest BCUT2D eigenvalue weighted by molar-refractivity contribution is 7.09. The fraction of sp³-hybridized carbons (Fsp3) is 0.429. The third-order valence-corrected chi connectivity index (χ3v) is 3.55. The molecule has 1 aromatic heterocycles. The molecule has 6 heteroatoms. The van der Waals surface area contributed by atoms with E-state index in [4.69, 9.17) is 5.73 Å². The summed E-state index contributed by atoms with van der Waals surface area (Å²) in [5.74, 6) is 0.546. The Kier molecular flexibility index (Phi) is 4.35. The van der Waals surface area contributed by atoms with E-state index in [1.807, 2.05) is 6.07 Å². The minimum absolute atomic E-state index is 0.0789. The van der Waals surface area contributed by atoms with Crippen molar-refractivity contribution in [1.29, 1.82) is 0 Å². The van der Waals surface area contributed by atoms with Crippen LogP contribution in [0.2, 0.25) is 0 Å². The third-order valence-electron chi connectivity index (χ3n) is 2.88. The van der Waals surface area contributed by atoms with Crippen LogP contribution in [-0.2, 0) is 18.5 Å². The van der Waals surface area contributed by atoms with Gasteiger partial charge in [-0.25, -0.2) is 9.37 Å². The highest BCUT2D eigenvalue weighted by atomic mass is 32.1. The minimum Gasteiger partial charge on any atom is -0.356 e. The molecule has 0 aliphatic heterocycles. The number of halogens is 1. The van der Waals surface area contributed by atoms with Crippen LogP contribution in [0.1, 0.15) is 37.7 Å². The maximum absolute atomic E-state index is 13.8. The Labute approximate surface area is 122 Å². The van der Waals surface area contributed by atoms with Crippen molar-refractivity contribution in [3.8, 4) is 0 Å². The van der Waals surface area contributed by atoms with Gasteiger partial charge in [0.1, 0.15) is 11.6 Å². The Hall–Kier alpha value is -1.53. The highest BCUT2D eigenvalue weighted by Crippen LogP contribution is 2.23. The first-order valence-corrected chi connectivity index (χ1v) is 7.23. The monoisotopic (exact) mass is 294 g/mol. The van der Waals surface area contributed by atoms with Crippen molar-refractivity contribution in [2.45, 2.75) is 39.3 Å². The number of hydrogen-bond donors (Lipinski definition) is 2. The molecule has 4 nitrogen and oxygen atoms in total. The molecule has 1 heterocycles. The van der Waals surface area contributed by atoms with Gasteiger partial charge in [0.25, 0.3) is 0 Å². The maximum Gasteiger partial charge on any atom is 0.202 e. The molecule has 0 unspecified atom stereocenters. The topological polar surface area (TPSA) is 63.8 Å². The Morgan fingerprint density at radius 2 is 2.10 bits per heavy atom. The summed E-state index contributed by atoms with van der Waals surface area (Å²) in [4.78, 5) is 4.41. The average Bonchev–Trinajstić information content (AvgIpc) is 2.86. The molecule has 2 aromatic rings. The maximum atomic E-state index is 13.8. The lowest BCUT2D eigenvalue weighted by Crippen LogP contribution is -2.13. The molecule has 108 valence electrons. The van der Waals surface area contributed by atoms with Gasteiger partial charge in [0.2, 0.25) is 5.13 Å². The van der Waals surface area contributed by atoms with Crippen molar-refractivity contribution in [1.82, 2.24) is 9.36 Å². The van der Waals surface area contributed by atoms with Crippen molar-refractivity contribution in [2.75, 3.05) is 5.32 Å². The van der Waals surface area contributed by atoms with Gasteiger partial charge in [0.05, 0.1) is 0 Å². The van der Waals surface area contributed by atoms with Gasteiger partial charge in [-0.15, -0.1) is 0 Å². The summed E-state index contributed by atoms with van der Waals surface area (Å²) in [6.45, 7) is 6.91. The van der Waals surface area contributed by atoms with Crippen LogP contribution in [0.15, 0.2) is 18.2 Å². The second kappa shape index (κ2) is 5.85. The number of hydrogen-bond acceptors (Lipinski definition) is 5. The SMILES string of the molecule is CC(C)(C)c1nsc(NCc2ccc(CN)cc2F)n1. The zero-order valence-corrected chi connectivity index (χ0v) is 12.7. The molecule has 0 spiro atoms. The van der Waals surface area contributed by atoms with Crippen LogP contribution in [0.3, 0.4) is 0 Å². The fourth-order valence-corrected chi connectivity index (χ4v) is 2.38. The van der Waals surface area contributed by atoms with E-state index in [0.717, 1.165) is 11.4 Å². The molecule has 0 saturated carbocycles. The quantitative estimate of drug-likeness (QED) is 0.909. The van der Waals surface area contributed by atoms with Gasteiger partial charge in [0.15, 0.2) is 0 Å². The molecular weight excluding hydrogens is 275 g/mol. The Balaban J connectivity index is 2.04. The molecule has 0 aliphatic rings. The van der Waals surface area contributed by atoms with Gasteiger partial charge in [-0.2, -0.15) is 4.37 Å². The third kappa shape index (κ3) is 3.52. The van der Waals surface area contributed by atoms with Crippen LogP contribution in [0.5, 0.6) is 0 Å². The normalized spacial score (nSPS) is 11.7. The van der Waals surface area contributed by atoms with E-state index < -0.39 is 0 Å². The number of benzene rings is 1. The lowest BCUT2D eigenvalue weighted by molar-refractivity contribution is 0.555. The molecular formula is C14H19FN4S. The van der Waals surface area contributed by atoms with E-state index >= 15 is 0 Å². The summed E-state index contributed by atoms with van der Waals surface area (Å²) in [5, 5.41) is 3.81. The van der Waals surface area contributed by atoms with E-state index in [1.165, 1.54) is 17.6 Å². The van der Waals surface area contributed by atoms with E-state index in [-0.39, 0.29) is 11.2 Å². The average molecular weight is 294 g/mol. The molecule has 0 saturated heterocycles. The zero-order chi connectivity index (χ0) is 14.8. The number of rotatable bonds is 4. The van der Waals surface area contributed by atoms with Gasteiger partial charge >= 0.3 is 0 Å². The van der Waals surface area contributed by atoms with Crippen LogP contribution in [0, 0.1) is 5.82 Å². The summed E-state index contributed by atoms with van der Waals surface area (Å²) in [6.07, 6.45) is 0. The predicted molar refractivity (Wildman–Crippen MR) is 80.2 cm³/mol. The van der Waals surface area contributed by atoms with Crippen molar-refractivity contribution in [3.63, 3.8) is 0 Å². The number of anilines is 1. The largest absolute Gasteiger partial charge is 0.356 e. The van der Waals surface area contributed by atoms with E-state index in [0.29, 0.717) is 23.8 Å². The smallest absolute Gasteiger partial charge is 0.202 e. The fourth-order valence-electron chi connectivity index (χ4n) is 1.63. The predicted octanol–water partition coefficient (Wildman–Crippen LogP) is 3.05. The first-order chi connectivity index (χ1) is 9.40. The lowest BCUT2D eigenvalue weighted by atomic mass is 9.96. The van der Waals surface area contributed by atoms with E-state index in [9.17, 15) is 4.39 Å². The van der Waals surface area contributed by atoms with Crippen LogP contribution in [0.25, 0.3) is 0 Å². The molecule has 0 bridgehead atoms. The first kappa shape index (κ1) is 14.9. The van der Waals surface area contributed by atoms with E-state index in [2.05, 4.69) is 35.4 Å². The van der Waals surface area contributed by atoms with Crippen LogP contribution in [0.4, 0.5) is 9.52 Å². The Bertz CT molecular complexity index is 589. The van der Waals surface area contributed by atoms with Gasteiger partial charge in [-0.3, -0.25) is 0 Å². The van der Waals surface area contributed by atoms with Crippen molar-refractivity contribution < 1.29 is 4.39 Å². The molecule has 0 atom stereocenters. The standard InChI is InChI=1S/C14H19FN4S/c1-14(2,3)12-18-13(20-19-12)17-8-10-5-4-9(7-16)6-11(10)15/h4-6H,7-8,16H2,1-3H3,(H,17,18,19). The number of aromatic nitrogens is 2. The minimum atomic E-state index is -0.249. The van der Waals surface area contributed by atoms with Gasteiger partial charge in [-0.05, 0) is 11.6 Å². The van der Waals surface area contributed by atoms with Gasteiger partial charge in [-0.1, -0.05) is 32.9 Å². The summed E-state index contributed by atoms with van der Waals surface area (Å²) in [6, 6.07) is 5.05. The number of nitrogens with two attached hydrogens (primary N) is 1. The molecule has 0 amide bonds. The van der Waals surface area contributed by atoms with Crippen molar-refractivity contribution >= 4 is 16.7 Å².